The molecule has 1 aromatic rings. The summed E-state index contributed by atoms with van der Waals surface area (Å²) in [6.45, 7) is 0. The second-order valence-electron chi connectivity index (χ2n) is 2.12. The number of aromatic carboxylic acids is 2. The van der Waals surface area contributed by atoms with Crippen molar-refractivity contribution in [2.24, 2.45) is 0 Å². The van der Waals surface area contributed by atoms with Gasteiger partial charge < -0.3 is 19.8 Å². The van der Waals surface area contributed by atoms with Crippen molar-refractivity contribution < 1.29 is 56.3 Å². The van der Waals surface area contributed by atoms with Crippen molar-refractivity contribution in [3.05, 3.63) is 35.4 Å². The maximum Gasteiger partial charge on any atom is 3.00 e. The van der Waals surface area contributed by atoms with Gasteiger partial charge in [-0.2, -0.15) is 0 Å². The van der Waals surface area contributed by atoms with Crippen LogP contribution in [0.3, 0.4) is 0 Å². The first-order valence-electron chi connectivity index (χ1n) is 3.14. The minimum Gasteiger partial charge on any atom is -0.545 e. The average molecular weight is 329 g/mol. The zero-order valence-corrected chi connectivity index (χ0v) is 9.28. The quantitative estimate of drug-likeness (QED) is 0.613. The van der Waals surface area contributed by atoms with E-state index in [4.69, 9.17) is 0 Å². The molecule has 0 aliphatic carbocycles. The molecule has 0 saturated carbocycles. The van der Waals surface area contributed by atoms with E-state index < -0.39 is 11.9 Å². The second kappa shape index (κ2) is 6.71. The number of carbonyl (C=O) groups is 2. The van der Waals surface area contributed by atoms with Crippen LogP contribution in [-0.4, -0.2) is 11.9 Å². The number of benzene rings is 1. The van der Waals surface area contributed by atoms with Crippen LogP contribution < -0.4 is 10.2 Å². The number of carbonyl (C=O) groups excluding carboxylic acids is 2. The fourth-order valence-corrected chi connectivity index (χ4v) is 0.839. The molecule has 0 spiro atoms. The summed E-state index contributed by atoms with van der Waals surface area (Å²) in [6.07, 6.45) is 0. The number of hydrogen-bond donors (Lipinski definition) is 0. The first-order chi connectivity index (χ1) is 5.63. The molecule has 0 atom stereocenters. The van der Waals surface area contributed by atoms with Crippen LogP contribution in [0.15, 0.2) is 24.3 Å². The second-order valence-corrected chi connectivity index (χ2v) is 2.12. The largest absolute Gasteiger partial charge is 3.00 e. The Kier molecular flexibility index (Phi) is 7.56. The van der Waals surface area contributed by atoms with Gasteiger partial charge in [-0.3, -0.25) is 0 Å². The Balaban J connectivity index is 0. The van der Waals surface area contributed by atoms with Gasteiger partial charge >= 0.3 is 36.5 Å². The Labute approximate surface area is 104 Å². The Morgan fingerprint density at radius 2 is 1.21 bits per heavy atom. The molecule has 0 heterocycles. The number of carboxylic acid groups (broad SMARTS) is 2. The molecule has 0 fully saturated rings. The Bertz CT molecular complexity index is 307. The normalized spacial score (nSPS) is 8.00. The van der Waals surface area contributed by atoms with E-state index >= 15 is 0 Å². The van der Waals surface area contributed by atoms with Crippen molar-refractivity contribution in [2.45, 2.75) is 0 Å². The van der Waals surface area contributed by atoms with Crippen LogP contribution in [0.1, 0.15) is 20.7 Å². The summed E-state index contributed by atoms with van der Waals surface area (Å²) in [5.74, 6) is -3.04. The van der Waals surface area contributed by atoms with E-state index in [0.717, 1.165) is 12.1 Å². The van der Waals surface area contributed by atoms with Crippen molar-refractivity contribution in [1.29, 1.82) is 0 Å². The predicted octanol–water partition coefficient (Wildman–Crippen LogP) is -1.59. The zero-order valence-electron chi connectivity index (χ0n) is 6.60. The zero-order chi connectivity index (χ0) is 9.14. The van der Waals surface area contributed by atoms with Gasteiger partial charge in [0.05, 0.1) is 11.9 Å². The molecule has 6 heteroatoms. The minimum atomic E-state index is -1.52. The van der Waals surface area contributed by atoms with Crippen LogP contribution in [0, 0.1) is 0 Å². The third-order valence-corrected chi connectivity index (χ3v) is 1.37. The Morgan fingerprint density at radius 1 is 0.929 bits per heavy atom. The van der Waals surface area contributed by atoms with Gasteiger partial charge in [-0.05, 0) is 0 Å². The van der Waals surface area contributed by atoms with Crippen molar-refractivity contribution in [3.8, 4) is 0 Å². The molecule has 1 aromatic carbocycles. The summed E-state index contributed by atoms with van der Waals surface area (Å²) < 4.78 is 0. The van der Waals surface area contributed by atoms with E-state index in [-0.39, 0.29) is 47.7 Å². The molecule has 4 nitrogen and oxygen atoms in total. The average Bonchev–Trinajstić information content (AvgIpc) is 2.04. The SMILES string of the molecule is O=C([O-])c1ccccc1C(=O)[O-].[Cu+2].[Ru+3]. The standard InChI is InChI=1S/C8H6O4.Cu.Ru/c9-7(10)5-3-1-2-4-6(5)8(11)12;;/h1-4H,(H,9,10)(H,11,12);;/q;+2;+3/p-2. The van der Waals surface area contributed by atoms with Gasteiger partial charge in [0.25, 0.3) is 0 Å². The van der Waals surface area contributed by atoms with Gasteiger partial charge in [-0.25, -0.2) is 0 Å². The first kappa shape index (κ1) is 15.8. The van der Waals surface area contributed by atoms with Gasteiger partial charge in [-0.15, -0.1) is 0 Å². The van der Waals surface area contributed by atoms with Gasteiger partial charge in [0.1, 0.15) is 0 Å². The summed E-state index contributed by atoms with van der Waals surface area (Å²) >= 11 is 0. The van der Waals surface area contributed by atoms with Crippen LogP contribution in [0.2, 0.25) is 0 Å². The molecule has 0 aromatic heterocycles. The van der Waals surface area contributed by atoms with Crippen molar-refractivity contribution in [2.75, 3.05) is 0 Å². The third-order valence-electron chi connectivity index (χ3n) is 1.37. The molecule has 0 saturated heterocycles. The fourth-order valence-electron chi connectivity index (χ4n) is 0.839. The first-order valence-corrected chi connectivity index (χ1v) is 3.14. The molecule has 14 heavy (non-hydrogen) atoms. The summed E-state index contributed by atoms with van der Waals surface area (Å²) in [6, 6.07) is 5.14. The topological polar surface area (TPSA) is 80.3 Å². The minimum absolute atomic E-state index is 0. The molecule has 1 rings (SSSR count). The molecule has 0 bridgehead atoms. The summed E-state index contributed by atoms with van der Waals surface area (Å²) in [5, 5.41) is 20.6. The Hall–Kier alpha value is -0.697. The van der Waals surface area contributed by atoms with Crippen LogP contribution in [-0.2, 0) is 36.5 Å². The fraction of sp³-hybridized carbons (Fsp3) is 0. The summed E-state index contributed by atoms with van der Waals surface area (Å²) in [4.78, 5) is 20.6. The summed E-state index contributed by atoms with van der Waals surface area (Å²) in [5.41, 5.74) is -0.727. The maximum atomic E-state index is 10.3. The molecule has 2 radical (unpaired) electrons. The third kappa shape index (κ3) is 3.58. The molecular weight excluding hydrogens is 325 g/mol. The molecule has 0 aliphatic heterocycles. The molecule has 0 aliphatic rings. The molecule has 0 unspecified atom stereocenters. The van der Waals surface area contributed by atoms with Crippen LogP contribution in [0.4, 0.5) is 0 Å². The molecule has 0 N–H and O–H groups in total. The van der Waals surface area contributed by atoms with Crippen LogP contribution in [0.25, 0.3) is 0 Å². The number of hydrogen-bond acceptors (Lipinski definition) is 4. The maximum absolute atomic E-state index is 10.3. The van der Waals surface area contributed by atoms with Crippen molar-refractivity contribution in [1.82, 2.24) is 0 Å². The van der Waals surface area contributed by atoms with Crippen LogP contribution in [0.5, 0.6) is 0 Å². The number of carboxylic acids is 2. The molecular formula is C8H4CuO4Ru+3. The summed E-state index contributed by atoms with van der Waals surface area (Å²) in [7, 11) is 0. The van der Waals surface area contributed by atoms with Crippen molar-refractivity contribution in [3.63, 3.8) is 0 Å². The Morgan fingerprint density at radius 3 is 1.43 bits per heavy atom. The van der Waals surface area contributed by atoms with E-state index in [1.807, 2.05) is 0 Å². The van der Waals surface area contributed by atoms with E-state index in [9.17, 15) is 19.8 Å². The molecule has 0 amide bonds. The predicted molar refractivity (Wildman–Crippen MR) is 35.1 cm³/mol. The van der Waals surface area contributed by atoms with Crippen molar-refractivity contribution >= 4 is 11.9 Å². The van der Waals surface area contributed by atoms with E-state index in [2.05, 4.69) is 0 Å². The molecule has 76 valence electrons. The van der Waals surface area contributed by atoms with Crippen LogP contribution >= 0.6 is 0 Å². The number of rotatable bonds is 2. The van der Waals surface area contributed by atoms with E-state index in [1.54, 1.807) is 0 Å². The smallest absolute Gasteiger partial charge is 0.545 e. The van der Waals surface area contributed by atoms with Gasteiger partial charge in [0, 0.05) is 11.1 Å². The monoisotopic (exact) mass is 329 g/mol. The van der Waals surface area contributed by atoms with E-state index in [0.29, 0.717) is 0 Å². The van der Waals surface area contributed by atoms with Gasteiger partial charge in [0.15, 0.2) is 0 Å². The van der Waals surface area contributed by atoms with Gasteiger partial charge in [-0.1, -0.05) is 24.3 Å². The van der Waals surface area contributed by atoms with Gasteiger partial charge in [0.2, 0.25) is 0 Å². The van der Waals surface area contributed by atoms with E-state index in [1.165, 1.54) is 12.1 Å².